The molecule has 1 aromatic rings. The van der Waals surface area contributed by atoms with E-state index in [1.165, 1.54) is 0 Å². The van der Waals surface area contributed by atoms with Crippen molar-refractivity contribution in [3.05, 3.63) is 29.8 Å². The summed E-state index contributed by atoms with van der Waals surface area (Å²) in [6.45, 7) is 5.60. The van der Waals surface area contributed by atoms with Crippen molar-refractivity contribution in [1.29, 1.82) is 0 Å². The molecule has 0 fully saturated rings. The van der Waals surface area contributed by atoms with E-state index >= 15 is 0 Å². The van der Waals surface area contributed by atoms with E-state index in [1.54, 1.807) is 13.8 Å². The zero-order chi connectivity index (χ0) is 14.5. The molecule has 0 atom stereocenters. The number of hydrogen-bond acceptors (Lipinski definition) is 2. The summed E-state index contributed by atoms with van der Waals surface area (Å²) in [7, 11) is 0. The molecular formula is C15H21NO3. The van der Waals surface area contributed by atoms with Gasteiger partial charge < -0.3 is 10.4 Å². The van der Waals surface area contributed by atoms with Gasteiger partial charge >= 0.3 is 5.97 Å². The zero-order valence-corrected chi connectivity index (χ0v) is 11.7. The second-order valence-corrected chi connectivity index (χ2v) is 5.47. The number of hydrogen-bond donors (Lipinski definition) is 2. The van der Waals surface area contributed by atoms with Crippen LogP contribution in [0, 0.1) is 5.41 Å². The maximum absolute atomic E-state index is 12.0. The molecule has 0 aromatic heterocycles. The lowest BCUT2D eigenvalue weighted by Gasteiger charge is -2.21. The maximum atomic E-state index is 12.0. The number of carboxylic acids is 1. The van der Waals surface area contributed by atoms with Crippen molar-refractivity contribution in [2.75, 3.05) is 5.32 Å². The molecule has 0 aliphatic rings. The van der Waals surface area contributed by atoms with Crippen LogP contribution in [0.2, 0.25) is 0 Å². The van der Waals surface area contributed by atoms with Gasteiger partial charge in [-0.2, -0.15) is 0 Å². The maximum Gasteiger partial charge on any atom is 0.303 e. The number of anilines is 1. The number of nitrogens with one attached hydrogen (secondary N) is 1. The molecule has 4 heteroatoms. The van der Waals surface area contributed by atoms with Crippen molar-refractivity contribution < 1.29 is 14.7 Å². The van der Waals surface area contributed by atoms with Gasteiger partial charge in [0.15, 0.2) is 0 Å². The summed E-state index contributed by atoms with van der Waals surface area (Å²) in [6.07, 6.45) is 1.02. The fraction of sp³-hybridized carbons (Fsp3) is 0.467. The van der Waals surface area contributed by atoms with Crippen LogP contribution < -0.4 is 5.32 Å². The summed E-state index contributed by atoms with van der Waals surface area (Å²) in [5, 5.41) is 11.7. The van der Waals surface area contributed by atoms with Crippen molar-refractivity contribution in [2.24, 2.45) is 5.41 Å². The van der Waals surface area contributed by atoms with Gasteiger partial charge in [0.1, 0.15) is 0 Å². The van der Waals surface area contributed by atoms with E-state index in [4.69, 9.17) is 5.11 Å². The smallest absolute Gasteiger partial charge is 0.303 e. The quantitative estimate of drug-likeness (QED) is 0.828. The highest BCUT2D eigenvalue weighted by atomic mass is 16.4. The van der Waals surface area contributed by atoms with Gasteiger partial charge in [-0.15, -0.1) is 0 Å². The molecule has 0 spiro atoms. The number of aliphatic carboxylic acids is 1. The molecule has 0 aliphatic heterocycles. The van der Waals surface area contributed by atoms with E-state index in [1.807, 2.05) is 31.2 Å². The molecular weight excluding hydrogens is 242 g/mol. The van der Waals surface area contributed by atoms with Crippen molar-refractivity contribution >= 4 is 17.6 Å². The predicted molar refractivity (Wildman–Crippen MR) is 75.1 cm³/mol. The number of rotatable bonds is 6. The minimum absolute atomic E-state index is 0.0180. The fourth-order valence-corrected chi connectivity index (χ4v) is 2.05. The van der Waals surface area contributed by atoms with Crippen LogP contribution >= 0.6 is 0 Å². The number of para-hydroxylation sites is 1. The predicted octanol–water partition coefficient (Wildman–Crippen LogP) is 3.08. The molecule has 1 amide bonds. The number of carbonyl (C=O) groups is 2. The van der Waals surface area contributed by atoms with Gasteiger partial charge in [-0.05, 0) is 23.5 Å². The van der Waals surface area contributed by atoms with Crippen molar-refractivity contribution in [3.8, 4) is 0 Å². The molecule has 0 bridgehead atoms. The Labute approximate surface area is 113 Å². The summed E-state index contributed by atoms with van der Waals surface area (Å²) in [5.41, 5.74) is 1.34. The summed E-state index contributed by atoms with van der Waals surface area (Å²) < 4.78 is 0. The van der Waals surface area contributed by atoms with Crippen LogP contribution in [0.15, 0.2) is 24.3 Å². The monoisotopic (exact) mass is 263 g/mol. The topological polar surface area (TPSA) is 66.4 Å². The Morgan fingerprint density at radius 3 is 2.42 bits per heavy atom. The van der Waals surface area contributed by atoms with Crippen LogP contribution in [0.25, 0.3) is 0 Å². The van der Waals surface area contributed by atoms with E-state index in [9.17, 15) is 9.59 Å². The van der Waals surface area contributed by atoms with Crippen LogP contribution in [0.1, 0.15) is 39.2 Å². The Morgan fingerprint density at radius 2 is 1.84 bits per heavy atom. The summed E-state index contributed by atoms with van der Waals surface area (Å²) in [5.74, 6) is -1.03. The van der Waals surface area contributed by atoms with E-state index in [0.29, 0.717) is 0 Å². The van der Waals surface area contributed by atoms with Crippen LogP contribution in [0.5, 0.6) is 0 Å². The third-order valence-electron chi connectivity index (χ3n) is 2.94. The highest BCUT2D eigenvalue weighted by molar-refractivity contribution is 5.92. The lowest BCUT2D eigenvalue weighted by molar-refractivity contribution is -0.139. The number of carboxylic acid groups (broad SMARTS) is 1. The molecule has 0 saturated carbocycles. The molecule has 0 unspecified atom stereocenters. The van der Waals surface area contributed by atoms with Gasteiger partial charge in [0, 0.05) is 12.1 Å². The van der Waals surface area contributed by atoms with Gasteiger partial charge in [0.2, 0.25) is 5.91 Å². The Bertz CT molecular complexity index is 466. The number of carbonyl (C=O) groups excluding carboxylic acids is 1. The van der Waals surface area contributed by atoms with Crippen molar-refractivity contribution in [1.82, 2.24) is 0 Å². The van der Waals surface area contributed by atoms with Gasteiger partial charge in [-0.3, -0.25) is 9.59 Å². The molecule has 0 heterocycles. The zero-order valence-electron chi connectivity index (χ0n) is 11.7. The van der Waals surface area contributed by atoms with E-state index in [2.05, 4.69) is 5.32 Å². The average Bonchev–Trinajstić information content (AvgIpc) is 2.26. The Kier molecular flexibility index (Phi) is 5.10. The van der Waals surface area contributed by atoms with E-state index in [-0.39, 0.29) is 18.7 Å². The van der Waals surface area contributed by atoms with Gasteiger partial charge in [0.25, 0.3) is 0 Å². The van der Waals surface area contributed by atoms with Crippen LogP contribution in [0.4, 0.5) is 5.69 Å². The molecule has 0 aliphatic carbocycles. The summed E-state index contributed by atoms with van der Waals surface area (Å²) >= 11 is 0. The Balaban J connectivity index is 2.67. The Hall–Kier alpha value is -1.84. The number of aryl methyl sites for hydroxylation is 1. The molecule has 0 saturated heterocycles. The normalized spacial score (nSPS) is 11.1. The lowest BCUT2D eigenvalue weighted by atomic mass is 9.85. The molecule has 19 heavy (non-hydrogen) atoms. The van der Waals surface area contributed by atoms with Crippen LogP contribution in [0.3, 0.4) is 0 Å². The van der Waals surface area contributed by atoms with Gasteiger partial charge in [-0.1, -0.05) is 39.0 Å². The fourth-order valence-electron chi connectivity index (χ4n) is 2.05. The summed E-state index contributed by atoms with van der Waals surface area (Å²) in [4.78, 5) is 22.7. The first kappa shape index (κ1) is 15.2. The highest BCUT2D eigenvalue weighted by Gasteiger charge is 2.25. The molecule has 1 rings (SSSR count). The van der Waals surface area contributed by atoms with E-state index < -0.39 is 11.4 Å². The van der Waals surface area contributed by atoms with Crippen LogP contribution in [-0.4, -0.2) is 17.0 Å². The SMILES string of the molecule is CCc1ccccc1NC(=O)CC(C)(C)CC(=O)O. The molecule has 104 valence electrons. The summed E-state index contributed by atoms with van der Waals surface area (Å²) in [6, 6.07) is 7.64. The minimum Gasteiger partial charge on any atom is -0.481 e. The highest BCUT2D eigenvalue weighted by Crippen LogP contribution is 2.26. The number of amides is 1. The van der Waals surface area contributed by atoms with Gasteiger partial charge in [0.05, 0.1) is 6.42 Å². The standard InChI is InChI=1S/C15H21NO3/c1-4-11-7-5-6-8-12(11)16-13(17)9-15(2,3)10-14(18)19/h5-8H,4,9-10H2,1-3H3,(H,16,17)(H,18,19). The second kappa shape index (κ2) is 6.36. The first-order valence-electron chi connectivity index (χ1n) is 6.43. The van der Waals surface area contributed by atoms with Crippen LogP contribution in [-0.2, 0) is 16.0 Å². The second-order valence-electron chi connectivity index (χ2n) is 5.47. The van der Waals surface area contributed by atoms with Gasteiger partial charge in [-0.25, -0.2) is 0 Å². The largest absolute Gasteiger partial charge is 0.481 e. The third kappa shape index (κ3) is 5.12. The third-order valence-corrected chi connectivity index (χ3v) is 2.94. The van der Waals surface area contributed by atoms with E-state index in [0.717, 1.165) is 17.7 Å². The minimum atomic E-state index is -0.883. The molecule has 0 radical (unpaired) electrons. The first-order chi connectivity index (χ1) is 8.84. The van der Waals surface area contributed by atoms with Crippen molar-refractivity contribution in [3.63, 3.8) is 0 Å². The molecule has 2 N–H and O–H groups in total. The first-order valence-corrected chi connectivity index (χ1v) is 6.43. The Morgan fingerprint density at radius 1 is 1.21 bits per heavy atom. The van der Waals surface area contributed by atoms with Crippen molar-refractivity contribution in [2.45, 2.75) is 40.0 Å². The lowest BCUT2D eigenvalue weighted by Crippen LogP contribution is -2.25. The molecule has 4 nitrogen and oxygen atoms in total. The average molecular weight is 263 g/mol. The number of benzene rings is 1. The molecule has 1 aromatic carbocycles.